The van der Waals surface area contributed by atoms with Crippen LogP contribution in [0.1, 0.15) is 16.8 Å². The van der Waals surface area contributed by atoms with Crippen molar-refractivity contribution in [3.05, 3.63) is 88.5 Å². The first-order chi connectivity index (χ1) is 24.3. The highest BCUT2D eigenvalue weighted by Crippen LogP contribution is 2.41. The maximum atomic E-state index is 5.94. The number of methoxy groups -OCH3 is 3. The lowest BCUT2D eigenvalue weighted by Crippen LogP contribution is -2.23. The van der Waals surface area contributed by atoms with Gasteiger partial charge in [0.2, 0.25) is 5.95 Å². The molecule has 4 heterocycles. The van der Waals surface area contributed by atoms with Crippen molar-refractivity contribution in [2.24, 2.45) is 7.05 Å². The Morgan fingerprint density at radius 1 is 0.840 bits per heavy atom. The summed E-state index contributed by atoms with van der Waals surface area (Å²) in [6, 6.07) is 14.1. The fourth-order valence-electron chi connectivity index (χ4n) is 6.33. The van der Waals surface area contributed by atoms with E-state index in [4.69, 9.17) is 19.2 Å². The van der Waals surface area contributed by atoms with E-state index in [0.29, 0.717) is 37.1 Å². The van der Waals surface area contributed by atoms with Crippen molar-refractivity contribution in [2.45, 2.75) is 19.6 Å². The largest absolute Gasteiger partial charge is 0.497 e. The standard InChI is InChI=1S/C36H37BrN9O3P/c1-45-30-20-46(18-21-7-8-23(47-2)14-31(21)48-3)19-22-13-32(49-4)29(15-24(22)25(30)16-41-45)43-36-40-17-26(37)35(44-36)42-28-10-9-27-33(34(28)50(5)6)39-12-11-38-27/h7-17H,18-20H2,1-6H3,(H2,40,42,43,44). The van der Waals surface area contributed by atoms with Gasteiger partial charge in [0.25, 0.3) is 0 Å². The first-order valence-corrected chi connectivity index (χ1v) is 18.9. The van der Waals surface area contributed by atoms with E-state index in [-0.39, 0.29) is 0 Å². The maximum absolute atomic E-state index is 5.94. The summed E-state index contributed by atoms with van der Waals surface area (Å²) in [5.41, 5.74) is 8.87. The normalized spacial score (nSPS) is 12.7. The van der Waals surface area contributed by atoms with Gasteiger partial charge in [-0.2, -0.15) is 10.1 Å². The number of nitrogens with zero attached hydrogens (tertiary/aromatic N) is 7. The quantitative estimate of drug-likeness (QED) is 0.141. The Morgan fingerprint density at radius 3 is 2.44 bits per heavy atom. The first-order valence-electron chi connectivity index (χ1n) is 15.9. The number of hydrogen-bond acceptors (Lipinski definition) is 11. The summed E-state index contributed by atoms with van der Waals surface area (Å²) in [5.74, 6) is 3.26. The highest BCUT2D eigenvalue weighted by Gasteiger charge is 2.26. The zero-order chi connectivity index (χ0) is 34.9. The Hall–Kier alpha value is -4.84. The van der Waals surface area contributed by atoms with E-state index in [9.17, 15) is 0 Å². The third-order valence-electron chi connectivity index (χ3n) is 8.74. The van der Waals surface area contributed by atoms with Gasteiger partial charge >= 0.3 is 0 Å². The van der Waals surface area contributed by atoms with Gasteiger partial charge in [0.15, 0.2) is 0 Å². The van der Waals surface area contributed by atoms with Crippen LogP contribution in [0.25, 0.3) is 22.2 Å². The Morgan fingerprint density at radius 2 is 1.66 bits per heavy atom. The third kappa shape index (κ3) is 6.56. The minimum Gasteiger partial charge on any atom is -0.497 e. The third-order valence-corrected chi connectivity index (χ3v) is 10.7. The number of anilines is 4. The van der Waals surface area contributed by atoms with Gasteiger partial charge in [-0.1, -0.05) is 14.0 Å². The van der Waals surface area contributed by atoms with Crippen LogP contribution in [-0.4, -0.2) is 69.3 Å². The number of ether oxygens (including phenoxy) is 3. The smallest absolute Gasteiger partial charge is 0.229 e. The van der Waals surface area contributed by atoms with Crippen molar-refractivity contribution in [1.82, 2.24) is 34.6 Å². The van der Waals surface area contributed by atoms with E-state index < -0.39 is 7.92 Å². The first kappa shape index (κ1) is 33.6. The highest BCUT2D eigenvalue weighted by atomic mass is 79.9. The number of aryl methyl sites for hydroxylation is 1. The summed E-state index contributed by atoms with van der Waals surface area (Å²) in [6.45, 7) is 6.48. The van der Waals surface area contributed by atoms with Gasteiger partial charge in [-0.25, -0.2) is 4.98 Å². The Labute approximate surface area is 300 Å². The summed E-state index contributed by atoms with van der Waals surface area (Å²) in [4.78, 5) is 21.0. The van der Waals surface area contributed by atoms with Gasteiger partial charge in [0.1, 0.15) is 23.1 Å². The van der Waals surface area contributed by atoms with E-state index >= 15 is 0 Å². The predicted octanol–water partition coefficient (Wildman–Crippen LogP) is 6.98. The molecule has 3 aromatic heterocycles. The van der Waals surface area contributed by atoms with Gasteiger partial charge in [0.05, 0.1) is 54.4 Å². The van der Waals surface area contributed by atoms with Crippen molar-refractivity contribution < 1.29 is 14.2 Å². The molecule has 0 saturated heterocycles. The van der Waals surface area contributed by atoms with E-state index in [1.54, 1.807) is 39.9 Å². The molecular formula is C36H37BrN9O3P. The molecule has 0 aliphatic carbocycles. The molecule has 3 aromatic carbocycles. The van der Waals surface area contributed by atoms with Crippen LogP contribution in [0, 0.1) is 0 Å². The predicted molar refractivity (Wildman–Crippen MR) is 202 cm³/mol. The fourth-order valence-corrected chi connectivity index (χ4v) is 7.83. The molecule has 0 radical (unpaired) electrons. The van der Waals surface area contributed by atoms with E-state index in [1.807, 2.05) is 42.2 Å². The molecule has 14 heteroatoms. The molecule has 0 atom stereocenters. The molecule has 256 valence electrons. The van der Waals surface area contributed by atoms with Gasteiger partial charge in [-0.15, -0.1) is 0 Å². The van der Waals surface area contributed by atoms with Crippen molar-refractivity contribution in [3.63, 3.8) is 0 Å². The van der Waals surface area contributed by atoms with Crippen LogP contribution in [-0.2, 0) is 26.7 Å². The molecule has 0 spiro atoms. The lowest BCUT2D eigenvalue weighted by atomic mass is 9.99. The topological polar surface area (TPSA) is 124 Å². The van der Waals surface area contributed by atoms with Gasteiger partial charge in [-0.05, 0) is 70.7 Å². The number of fused-ring (bicyclic) bond motifs is 4. The summed E-state index contributed by atoms with van der Waals surface area (Å²) in [5, 5.41) is 12.7. The van der Waals surface area contributed by atoms with Crippen LogP contribution in [0.5, 0.6) is 17.2 Å². The van der Waals surface area contributed by atoms with Crippen LogP contribution >= 0.6 is 23.9 Å². The fraction of sp³-hybridized carbons (Fsp3) is 0.250. The highest BCUT2D eigenvalue weighted by molar-refractivity contribution is 9.10. The molecule has 6 aromatic rings. The SMILES string of the molecule is COc1ccc(CN2Cc3cc(OC)c(Nc4ncc(Br)c(Nc5ccc6nccnc6c5P(C)C)n4)cc3-c3cnn(C)c3C2)c(OC)c1. The average molecular weight is 755 g/mol. The summed E-state index contributed by atoms with van der Waals surface area (Å²) in [7, 11) is 6.50. The number of nitrogens with one attached hydrogen (secondary N) is 2. The zero-order valence-corrected chi connectivity index (χ0v) is 31.1. The van der Waals surface area contributed by atoms with Crippen LogP contribution < -0.4 is 30.1 Å². The van der Waals surface area contributed by atoms with Gasteiger partial charge in [-0.3, -0.25) is 19.5 Å². The van der Waals surface area contributed by atoms with Crippen molar-refractivity contribution >= 4 is 63.3 Å². The minimum atomic E-state index is -0.503. The Kier molecular flexibility index (Phi) is 9.54. The minimum absolute atomic E-state index is 0.416. The second-order valence-corrected chi connectivity index (χ2v) is 15.2. The van der Waals surface area contributed by atoms with Crippen molar-refractivity contribution in [2.75, 3.05) is 45.3 Å². The van der Waals surface area contributed by atoms with Crippen molar-refractivity contribution in [1.29, 1.82) is 0 Å². The van der Waals surface area contributed by atoms with E-state index in [1.165, 1.54) is 0 Å². The molecule has 2 N–H and O–H groups in total. The Bertz CT molecular complexity index is 2210. The van der Waals surface area contributed by atoms with Crippen molar-refractivity contribution in [3.8, 4) is 28.4 Å². The van der Waals surface area contributed by atoms with Crippen LogP contribution in [0.4, 0.5) is 23.1 Å². The molecule has 0 amide bonds. The van der Waals surface area contributed by atoms with Crippen LogP contribution in [0.2, 0.25) is 0 Å². The number of aromatic nitrogens is 6. The molecule has 50 heavy (non-hydrogen) atoms. The van der Waals surface area contributed by atoms with E-state index in [2.05, 4.69) is 83.0 Å². The molecule has 0 unspecified atom stereocenters. The molecular weight excluding hydrogens is 717 g/mol. The lowest BCUT2D eigenvalue weighted by Gasteiger charge is -2.23. The number of rotatable bonds is 10. The van der Waals surface area contributed by atoms with E-state index in [0.717, 1.165) is 71.6 Å². The molecule has 0 saturated carbocycles. The van der Waals surface area contributed by atoms with Crippen LogP contribution in [0.3, 0.4) is 0 Å². The zero-order valence-electron chi connectivity index (χ0n) is 28.7. The molecule has 1 aliphatic heterocycles. The molecule has 0 fully saturated rings. The second kappa shape index (κ2) is 14.2. The lowest BCUT2D eigenvalue weighted by molar-refractivity contribution is 0.239. The van der Waals surface area contributed by atoms with Crippen LogP contribution in [0.15, 0.2) is 71.7 Å². The number of halogens is 1. The summed E-state index contributed by atoms with van der Waals surface area (Å²) < 4.78 is 19.8. The number of benzene rings is 3. The molecule has 1 aliphatic rings. The molecule has 0 bridgehead atoms. The second-order valence-electron chi connectivity index (χ2n) is 12.1. The Balaban J connectivity index is 1.22. The van der Waals surface area contributed by atoms with Gasteiger partial charge < -0.3 is 24.8 Å². The maximum Gasteiger partial charge on any atom is 0.229 e. The van der Waals surface area contributed by atoms with Gasteiger partial charge in [0, 0.05) is 73.5 Å². The summed E-state index contributed by atoms with van der Waals surface area (Å²) in [6.07, 6.45) is 7.11. The average Bonchev–Trinajstić information content (AvgIpc) is 3.40. The molecule has 7 rings (SSSR count). The monoisotopic (exact) mass is 753 g/mol. The summed E-state index contributed by atoms with van der Waals surface area (Å²) >= 11 is 3.65. The molecule has 12 nitrogen and oxygen atoms in total. The number of hydrogen-bond donors (Lipinski definition) is 2.